The topological polar surface area (TPSA) is 72.9 Å². The zero-order chi connectivity index (χ0) is 17.4. The van der Waals surface area contributed by atoms with E-state index in [4.69, 9.17) is 0 Å². The summed E-state index contributed by atoms with van der Waals surface area (Å²) in [7, 11) is -3.40. The Bertz CT molecular complexity index is 697. The van der Waals surface area contributed by atoms with Gasteiger partial charge in [-0.3, -0.25) is 4.90 Å². The van der Waals surface area contributed by atoms with Gasteiger partial charge in [0, 0.05) is 45.5 Å². The molecule has 0 radical (unpaired) electrons. The molecule has 2 aliphatic rings. The fourth-order valence-corrected chi connectivity index (χ4v) is 4.04. The lowest BCUT2D eigenvalue weighted by molar-refractivity contribution is 0.0193. The van der Waals surface area contributed by atoms with Gasteiger partial charge in [0.25, 0.3) is 0 Å². The number of anilines is 1. The number of nitrogens with zero attached hydrogens (tertiary/aromatic N) is 2. The van der Waals surface area contributed by atoms with Crippen LogP contribution in [0.15, 0.2) is 23.1 Å². The Morgan fingerprint density at radius 1 is 1.29 bits per heavy atom. The average molecular weight is 357 g/mol. The molecule has 1 aromatic rings. The molecule has 8 heteroatoms. The van der Waals surface area contributed by atoms with Crippen LogP contribution >= 0.6 is 0 Å². The van der Waals surface area contributed by atoms with E-state index in [1.165, 1.54) is 12.1 Å². The minimum absolute atomic E-state index is 0.00154. The lowest BCUT2D eigenvalue weighted by Gasteiger charge is -2.39. The van der Waals surface area contributed by atoms with E-state index in [0.29, 0.717) is 31.9 Å². The number of β-amino-alcohol motifs (C(OH)–C–C–N with tert-alkyl or cyclic N) is 1. The van der Waals surface area contributed by atoms with Crippen molar-refractivity contribution in [2.45, 2.75) is 16.9 Å². The maximum atomic E-state index is 14.3. The Labute approximate surface area is 142 Å². The molecule has 2 N–H and O–H groups in total. The highest BCUT2D eigenvalue weighted by molar-refractivity contribution is 7.90. The van der Waals surface area contributed by atoms with E-state index in [0.717, 1.165) is 38.4 Å². The molecule has 0 amide bonds. The van der Waals surface area contributed by atoms with E-state index in [9.17, 15) is 17.9 Å². The highest BCUT2D eigenvalue weighted by Crippen LogP contribution is 2.25. The first-order chi connectivity index (χ1) is 11.3. The Morgan fingerprint density at radius 3 is 2.54 bits per heavy atom. The zero-order valence-electron chi connectivity index (χ0n) is 13.8. The Morgan fingerprint density at radius 2 is 2.00 bits per heavy atom. The molecule has 0 spiro atoms. The van der Waals surface area contributed by atoms with Crippen molar-refractivity contribution in [2.75, 3.05) is 57.0 Å². The van der Waals surface area contributed by atoms with Crippen molar-refractivity contribution in [1.82, 2.24) is 10.2 Å². The van der Waals surface area contributed by atoms with Crippen LogP contribution in [0.5, 0.6) is 0 Å². The van der Waals surface area contributed by atoms with E-state index in [1.807, 2.05) is 4.90 Å². The minimum atomic E-state index is -3.40. The molecule has 2 saturated heterocycles. The van der Waals surface area contributed by atoms with Gasteiger partial charge >= 0.3 is 0 Å². The van der Waals surface area contributed by atoms with Gasteiger partial charge in [-0.2, -0.15) is 0 Å². The third-order valence-corrected chi connectivity index (χ3v) is 5.91. The molecule has 134 valence electrons. The third kappa shape index (κ3) is 3.88. The highest BCUT2D eigenvalue weighted by atomic mass is 32.2. The van der Waals surface area contributed by atoms with Crippen molar-refractivity contribution < 1.29 is 17.9 Å². The molecule has 2 aliphatic heterocycles. The minimum Gasteiger partial charge on any atom is -0.387 e. The van der Waals surface area contributed by atoms with Crippen LogP contribution in [0.3, 0.4) is 0 Å². The van der Waals surface area contributed by atoms with Crippen molar-refractivity contribution in [3.05, 3.63) is 24.0 Å². The lowest BCUT2D eigenvalue weighted by Crippen LogP contribution is -2.52. The molecule has 0 aromatic heterocycles. The van der Waals surface area contributed by atoms with Crippen LogP contribution in [-0.4, -0.2) is 76.1 Å². The third-order valence-electron chi connectivity index (χ3n) is 4.80. The fourth-order valence-electron chi connectivity index (χ4n) is 3.40. The van der Waals surface area contributed by atoms with Crippen LogP contribution in [0.25, 0.3) is 0 Å². The van der Waals surface area contributed by atoms with Crippen LogP contribution in [0.4, 0.5) is 10.1 Å². The SMILES string of the molecule is CS(=O)(=O)c1ccc(N2CCN(CC3(O)CCNC3)CC2)c(F)c1. The van der Waals surface area contributed by atoms with Gasteiger partial charge in [-0.15, -0.1) is 0 Å². The summed E-state index contributed by atoms with van der Waals surface area (Å²) in [6, 6.07) is 4.08. The van der Waals surface area contributed by atoms with Crippen LogP contribution < -0.4 is 10.2 Å². The average Bonchev–Trinajstić information content (AvgIpc) is 2.93. The van der Waals surface area contributed by atoms with E-state index < -0.39 is 21.3 Å². The summed E-state index contributed by atoms with van der Waals surface area (Å²) in [5.41, 5.74) is -0.229. The molecular weight excluding hydrogens is 333 g/mol. The number of aliphatic hydroxyl groups is 1. The normalized spacial score (nSPS) is 26.0. The van der Waals surface area contributed by atoms with E-state index in [2.05, 4.69) is 10.2 Å². The van der Waals surface area contributed by atoms with Gasteiger partial charge in [0.1, 0.15) is 5.82 Å². The second-order valence-electron chi connectivity index (χ2n) is 6.80. The number of hydrogen-bond donors (Lipinski definition) is 2. The van der Waals surface area contributed by atoms with E-state index in [1.54, 1.807) is 0 Å². The summed E-state index contributed by atoms with van der Waals surface area (Å²) in [6.45, 7) is 4.88. The molecule has 1 aromatic carbocycles. The fraction of sp³-hybridized carbons (Fsp3) is 0.625. The van der Waals surface area contributed by atoms with Crippen molar-refractivity contribution >= 4 is 15.5 Å². The molecule has 0 saturated carbocycles. The van der Waals surface area contributed by atoms with Gasteiger partial charge in [-0.25, -0.2) is 12.8 Å². The maximum absolute atomic E-state index is 14.3. The molecule has 2 heterocycles. The van der Waals surface area contributed by atoms with Crippen molar-refractivity contribution in [2.24, 2.45) is 0 Å². The first-order valence-corrected chi connectivity index (χ1v) is 10.1. The van der Waals surface area contributed by atoms with E-state index >= 15 is 0 Å². The van der Waals surface area contributed by atoms with Crippen LogP contribution in [0.1, 0.15) is 6.42 Å². The number of sulfone groups is 1. The van der Waals surface area contributed by atoms with Gasteiger partial charge in [0.05, 0.1) is 16.2 Å². The first kappa shape index (κ1) is 17.6. The molecule has 3 rings (SSSR count). The number of piperazine rings is 1. The Kier molecular flexibility index (Phi) is 4.83. The second kappa shape index (κ2) is 6.59. The summed E-state index contributed by atoms with van der Waals surface area (Å²) >= 11 is 0. The smallest absolute Gasteiger partial charge is 0.175 e. The lowest BCUT2D eigenvalue weighted by atomic mass is 10.0. The van der Waals surface area contributed by atoms with E-state index in [-0.39, 0.29) is 4.90 Å². The summed E-state index contributed by atoms with van der Waals surface area (Å²) < 4.78 is 37.3. The summed E-state index contributed by atoms with van der Waals surface area (Å²) in [5.74, 6) is -0.509. The molecule has 24 heavy (non-hydrogen) atoms. The molecule has 6 nitrogen and oxygen atoms in total. The Hall–Kier alpha value is -1.22. The summed E-state index contributed by atoms with van der Waals surface area (Å²) in [6.07, 6.45) is 1.83. The molecule has 0 bridgehead atoms. The zero-order valence-corrected chi connectivity index (χ0v) is 14.6. The summed E-state index contributed by atoms with van der Waals surface area (Å²) in [4.78, 5) is 4.12. The van der Waals surface area contributed by atoms with Crippen LogP contribution in [0, 0.1) is 5.82 Å². The maximum Gasteiger partial charge on any atom is 0.175 e. The largest absolute Gasteiger partial charge is 0.387 e. The molecule has 1 atom stereocenters. The predicted octanol–water partition coefficient (Wildman–Crippen LogP) is 0.0756. The van der Waals surface area contributed by atoms with Gasteiger partial charge in [-0.05, 0) is 31.2 Å². The molecule has 2 fully saturated rings. The van der Waals surface area contributed by atoms with Gasteiger partial charge in [0.2, 0.25) is 0 Å². The van der Waals surface area contributed by atoms with Crippen molar-refractivity contribution in [3.63, 3.8) is 0 Å². The second-order valence-corrected chi connectivity index (χ2v) is 8.82. The van der Waals surface area contributed by atoms with Crippen molar-refractivity contribution in [1.29, 1.82) is 0 Å². The van der Waals surface area contributed by atoms with Crippen molar-refractivity contribution in [3.8, 4) is 0 Å². The highest BCUT2D eigenvalue weighted by Gasteiger charge is 2.34. The van der Waals surface area contributed by atoms with Gasteiger partial charge in [0.15, 0.2) is 9.84 Å². The number of halogens is 1. The Balaban J connectivity index is 1.62. The monoisotopic (exact) mass is 357 g/mol. The molecule has 1 unspecified atom stereocenters. The summed E-state index contributed by atoms with van der Waals surface area (Å²) in [5, 5.41) is 13.6. The number of benzene rings is 1. The number of nitrogens with one attached hydrogen (secondary N) is 1. The number of hydrogen-bond acceptors (Lipinski definition) is 6. The number of rotatable bonds is 4. The first-order valence-electron chi connectivity index (χ1n) is 8.17. The molecule has 0 aliphatic carbocycles. The molecular formula is C16H24FN3O3S. The quantitative estimate of drug-likeness (QED) is 0.795. The standard InChI is InChI=1S/C16H24FN3O3S/c1-24(22,23)13-2-3-15(14(17)10-13)20-8-6-19(7-9-20)12-16(21)4-5-18-11-16/h2-3,10,18,21H,4-9,11-12H2,1H3. The van der Waals surface area contributed by atoms with Gasteiger partial charge in [-0.1, -0.05) is 0 Å². The van der Waals surface area contributed by atoms with Crippen LogP contribution in [0.2, 0.25) is 0 Å². The van der Waals surface area contributed by atoms with Gasteiger partial charge < -0.3 is 15.3 Å². The predicted molar refractivity (Wildman–Crippen MR) is 90.6 cm³/mol. The van der Waals surface area contributed by atoms with Crippen LogP contribution in [-0.2, 0) is 9.84 Å².